The molecule has 0 radical (unpaired) electrons. The summed E-state index contributed by atoms with van der Waals surface area (Å²) in [5.74, 6) is -0.747. The van der Waals surface area contributed by atoms with E-state index >= 15 is 0 Å². The average Bonchev–Trinajstić information content (AvgIpc) is 2.69. The molecular formula is C7H9N3O3S. The molecule has 0 aliphatic rings. The lowest BCUT2D eigenvalue weighted by molar-refractivity contribution is -0.141. The van der Waals surface area contributed by atoms with E-state index in [0.29, 0.717) is 4.88 Å². The van der Waals surface area contributed by atoms with Crippen LogP contribution in [0.3, 0.4) is 0 Å². The Morgan fingerprint density at radius 3 is 2.86 bits per heavy atom. The highest BCUT2D eigenvalue weighted by molar-refractivity contribution is 7.07. The van der Waals surface area contributed by atoms with Gasteiger partial charge in [-0.2, -0.15) is 0 Å². The molecule has 0 aromatic carbocycles. The Kier molecular flexibility index (Phi) is 3.52. The van der Waals surface area contributed by atoms with E-state index in [4.69, 9.17) is 0 Å². The smallest absolute Gasteiger partial charge is 0.325 e. The summed E-state index contributed by atoms with van der Waals surface area (Å²) in [5.41, 5.74) is 0. The van der Waals surface area contributed by atoms with Gasteiger partial charge in [-0.05, 0) is 11.5 Å². The molecule has 1 aromatic heterocycles. The first-order valence-electron chi connectivity index (χ1n) is 3.74. The Labute approximate surface area is 84.6 Å². The monoisotopic (exact) mass is 215 g/mol. The van der Waals surface area contributed by atoms with Gasteiger partial charge in [-0.25, -0.2) is 0 Å². The van der Waals surface area contributed by atoms with Gasteiger partial charge < -0.3 is 9.64 Å². The van der Waals surface area contributed by atoms with E-state index in [1.165, 1.54) is 25.3 Å². The van der Waals surface area contributed by atoms with Crippen LogP contribution in [0.15, 0.2) is 6.20 Å². The molecule has 1 aromatic rings. The van der Waals surface area contributed by atoms with Gasteiger partial charge in [-0.15, -0.1) is 5.10 Å². The molecule has 0 saturated carbocycles. The molecule has 7 heteroatoms. The average molecular weight is 215 g/mol. The van der Waals surface area contributed by atoms with Crippen molar-refractivity contribution in [2.45, 2.75) is 0 Å². The second-order valence-corrected chi connectivity index (χ2v) is 3.30. The van der Waals surface area contributed by atoms with Crippen LogP contribution in [-0.4, -0.2) is 47.1 Å². The fraction of sp³-hybridized carbons (Fsp3) is 0.429. The van der Waals surface area contributed by atoms with E-state index in [1.807, 2.05) is 0 Å². The zero-order chi connectivity index (χ0) is 10.6. The minimum atomic E-state index is -0.460. The van der Waals surface area contributed by atoms with Crippen LogP contribution in [-0.2, 0) is 9.53 Å². The van der Waals surface area contributed by atoms with Gasteiger partial charge in [0, 0.05) is 7.05 Å². The van der Waals surface area contributed by atoms with Crippen molar-refractivity contribution < 1.29 is 14.3 Å². The van der Waals surface area contributed by atoms with E-state index in [-0.39, 0.29) is 12.5 Å². The van der Waals surface area contributed by atoms with E-state index in [0.717, 1.165) is 11.5 Å². The van der Waals surface area contributed by atoms with Crippen LogP contribution in [0.1, 0.15) is 9.67 Å². The van der Waals surface area contributed by atoms with Crippen LogP contribution in [0.4, 0.5) is 0 Å². The number of carbonyl (C=O) groups excluding carboxylic acids is 2. The molecule has 6 nitrogen and oxygen atoms in total. The molecule has 1 heterocycles. The van der Waals surface area contributed by atoms with Crippen LogP contribution in [0.25, 0.3) is 0 Å². The van der Waals surface area contributed by atoms with E-state index in [9.17, 15) is 9.59 Å². The molecule has 0 atom stereocenters. The molecule has 0 N–H and O–H groups in total. The third-order valence-electron chi connectivity index (χ3n) is 1.51. The standard InChI is InChI=1S/C7H9N3O3S/c1-10(4-6(11)13-2)7(12)5-3-8-9-14-5/h3H,4H2,1-2H3. The normalized spacial score (nSPS) is 9.57. The van der Waals surface area contributed by atoms with Crippen molar-refractivity contribution in [3.05, 3.63) is 11.1 Å². The Hall–Kier alpha value is -1.50. The number of ether oxygens (including phenoxy) is 1. The SMILES string of the molecule is COC(=O)CN(C)C(=O)c1cnns1. The highest BCUT2D eigenvalue weighted by Gasteiger charge is 2.16. The number of likely N-dealkylation sites (N-methyl/N-ethyl adjacent to an activating group) is 1. The number of hydrogen-bond acceptors (Lipinski definition) is 6. The van der Waals surface area contributed by atoms with Gasteiger partial charge in [0.25, 0.3) is 5.91 Å². The first-order valence-corrected chi connectivity index (χ1v) is 4.52. The zero-order valence-corrected chi connectivity index (χ0v) is 8.58. The van der Waals surface area contributed by atoms with Gasteiger partial charge >= 0.3 is 5.97 Å². The molecule has 0 aliphatic heterocycles. The first kappa shape index (κ1) is 10.6. The maximum atomic E-state index is 11.5. The Morgan fingerprint density at radius 1 is 1.64 bits per heavy atom. The molecular weight excluding hydrogens is 206 g/mol. The predicted molar refractivity (Wildman–Crippen MR) is 48.9 cm³/mol. The lowest BCUT2D eigenvalue weighted by Gasteiger charge is -2.13. The summed E-state index contributed by atoms with van der Waals surface area (Å²) >= 11 is 0.990. The number of carbonyl (C=O) groups is 2. The number of amides is 1. The fourth-order valence-electron chi connectivity index (χ4n) is 0.780. The molecule has 0 fully saturated rings. The summed E-state index contributed by atoms with van der Waals surface area (Å²) in [6.07, 6.45) is 1.36. The van der Waals surface area contributed by atoms with Gasteiger partial charge in [0.2, 0.25) is 0 Å². The maximum absolute atomic E-state index is 11.5. The Morgan fingerprint density at radius 2 is 2.36 bits per heavy atom. The van der Waals surface area contributed by atoms with E-state index < -0.39 is 5.97 Å². The second-order valence-electron chi connectivity index (χ2n) is 2.52. The summed E-state index contributed by atoms with van der Waals surface area (Å²) < 4.78 is 7.98. The maximum Gasteiger partial charge on any atom is 0.325 e. The van der Waals surface area contributed by atoms with Gasteiger partial charge in [-0.3, -0.25) is 9.59 Å². The third-order valence-corrected chi connectivity index (χ3v) is 2.17. The van der Waals surface area contributed by atoms with Crippen LogP contribution in [0.2, 0.25) is 0 Å². The minimum Gasteiger partial charge on any atom is -0.468 e. The van der Waals surface area contributed by atoms with Gasteiger partial charge in [0.1, 0.15) is 11.4 Å². The Bertz CT molecular complexity index is 325. The van der Waals surface area contributed by atoms with Gasteiger partial charge in [0.15, 0.2) is 0 Å². The highest BCUT2D eigenvalue weighted by Crippen LogP contribution is 2.05. The van der Waals surface area contributed by atoms with Crippen LogP contribution in [0, 0.1) is 0 Å². The van der Waals surface area contributed by atoms with Crippen molar-refractivity contribution in [3.8, 4) is 0 Å². The third kappa shape index (κ3) is 2.49. The molecule has 1 rings (SSSR count). The first-order chi connectivity index (χ1) is 6.65. The van der Waals surface area contributed by atoms with Crippen molar-refractivity contribution in [2.24, 2.45) is 0 Å². The summed E-state index contributed by atoms with van der Waals surface area (Å²) in [6.45, 7) is -0.0762. The summed E-state index contributed by atoms with van der Waals surface area (Å²) in [7, 11) is 2.79. The molecule has 0 bridgehead atoms. The quantitative estimate of drug-likeness (QED) is 0.652. The number of methoxy groups -OCH3 is 1. The largest absolute Gasteiger partial charge is 0.468 e. The molecule has 0 unspecified atom stereocenters. The van der Waals surface area contributed by atoms with Crippen LogP contribution >= 0.6 is 11.5 Å². The number of rotatable bonds is 3. The summed E-state index contributed by atoms with van der Waals surface area (Å²) in [6, 6.07) is 0. The number of esters is 1. The molecule has 14 heavy (non-hydrogen) atoms. The van der Waals surface area contributed by atoms with Crippen molar-refractivity contribution in [2.75, 3.05) is 20.7 Å². The number of aromatic nitrogens is 2. The van der Waals surface area contributed by atoms with Crippen molar-refractivity contribution in [1.82, 2.24) is 14.5 Å². The highest BCUT2D eigenvalue weighted by atomic mass is 32.1. The van der Waals surface area contributed by atoms with Crippen LogP contribution in [0.5, 0.6) is 0 Å². The van der Waals surface area contributed by atoms with Crippen molar-refractivity contribution in [1.29, 1.82) is 0 Å². The van der Waals surface area contributed by atoms with Gasteiger partial charge in [-0.1, -0.05) is 4.49 Å². The number of nitrogens with zero attached hydrogens (tertiary/aromatic N) is 3. The van der Waals surface area contributed by atoms with Crippen molar-refractivity contribution >= 4 is 23.4 Å². The lowest BCUT2D eigenvalue weighted by atomic mass is 10.4. The number of hydrogen-bond donors (Lipinski definition) is 0. The van der Waals surface area contributed by atoms with E-state index in [1.54, 1.807) is 0 Å². The molecule has 0 spiro atoms. The second kappa shape index (κ2) is 4.66. The summed E-state index contributed by atoms with van der Waals surface area (Å²) in [4.78, 5) is 24.0. The minimum absolute atomic E-state index is 0.0762. The molecule has 1 amide bonds. The van der Waals surface area contributed by atoms with Crippen molar-refractivity contribution in [3.63, 3.8) is 0 Å². The molecule has 76 valence electrons. The Balaban J connectivity index is 2.58. The van der Waals surface area contributed by atoms with Crippen LogP contribution < -0.4 is 0 Å². The predicted octanol–water partition coefficient (Wildman–Crippen LogP) is -0.217. The molecule has 0 aliphatic carbocycles. The fourth-order valence-corrected chi connectivity index (χ4v) is 1.29. The molecule has 0 saturated heterocycles. The topological polar surface area (TPSA) is 72.4 Å². The summed E-state index contributed by atoms with van der Waals surface area (Å²) in [5, 5.41) is 3.53. The zero-order valence-electron chi connectivity index (χ0n) is 7.76. The van der Waals surface area contributed by atoms with Gasteiger partial charge in [0.05, 0.1) is 13.3 Å². The van der Waals surface area contributed by atoms with E-state index in [2.05, 4.69) is 14.3 Å². The lowest BCUT2D eigenvalue weighted by Crippen LogP contribution is -2.32.